The highest BCUT2D eigenvalue weighted by molar-refractivity contribution is 7.38. The first-order valence-corrected chi connectivity index (χ1v) is 3.60. The number of hydrogen-bond donors (Lipinski definition) is 8. The SMILES string of the molecule is N.N.OP(O)O.OP(O)O. The Morgan fingerprint density at radius 2 is 0.500 bits per heavy atom. The van der Waals surface area contributed by atoms with E-state index in [9.17, 15) is 0 Å². The molecule has 0 fully saturated rings. The monoisotopic (exact) mass is 198 g/mol. The molecule has 0 heterocycles. The normalized spacial score (nSPS) is 7.20. The van der Waals surface area contributed by atoms with Crippen LogP contribution in [0, 0.1) is 0 Å². The molecule has 0 amide bonds. The molecule has 0 radical (unpaired) electrons. The zero-order valence-corrected chi connectivity index (χ0v) is 6.78. The van der Waals surface area contributed by atoms with E-state index in [1.54, 1.807) is 0 Å². The van der Waals surface area contributed by atoms with Crippen molar-refractivity contribution in [2.75, 3.05) is 0 Å². The summed E-state index contributed by atoms with van der Waals surface area (Å²) >= 11 is 0. The van der Waals surface area contributed by atoms with Gasteiger partial charge in [0.25, 0.3) is 0 Å². The van der Waals surface area contributed by atoms with Gasteiger partial charge in [0.2, 0.25) is 0 Å². The third-order valence-electron chi connectivity index (χ3n) is 0. The Morgan fingerprint density at radius 1 is 0.500 bits per heavy atom. The molecule has 0 atom stereocenters. The number of rotatable bonds is 0. The first kappa shape index (κ1) is 22.4. The molecule has 68 valence electrons. The molecule has 0 aromatic heterocycles. The maximum Gasteiger partial charge on any atom is 0.324 e. The summed E-state index contributed by atoms with van der Waals surface area (Å²) in [6, 6.07) is 0. The van der Waals surface area contributed by atoms with E-state index >= 15 is 0 Å². The lowest BCUT2D eigenvalue weighted by atomic mass is 14.0. The van der Waals surface area contributed by atoms with Gasteiger partial charge in [-0.05, 0) is 0 Å². The summed E-state index contributed by atoms with van der Waals surface area (Å²) in [6.07, 6.45) is 0. The minimum atomic E-state index is -2.62. The summed E-state index contributed by atoms with van der Waals surface area (Å²) < 4.78 is 0. The lowest BCUT2D eigenvalue weighted by Crippen LogP contribution is -1.54. The van der Waals surface area contributed by atoms with Gasteiger partial charge in [-0.25, -0.2) is 0 Å². The van der Waals surface area contributed by atoms with E-state index in [1.165, 1.54) is 0 Å². The lowest BCUT2D eigenvalue weighted by Gasteiger charge is -1.76. The van der Waals surface area contributed by atoms with Crippen LogP contribution in [0.5, 0.6) is 0 Å². The van der Waals surface area contributed by atoms with Gasteiger partial charge in [-0.1, -0.05) is 0 Å². The topological polar surface area (TPSA) is 191 Å². The Kier molecular flexibility index (Phi) is 36.5. The second-order valence-electron chi connectivity index (χ2n) is 0.537. The van der Waals surface area contributed by atoms with Crippen molar-refractivity contribution in [3.63, 3.8) is 0 Å². The molecule has 12 N–H and O–H groups in total. The Hall–Kier alpha value is 0.540. The van der Waals surface area contributed by atoms with Crippen molar-refractivity contribution >= 4 is 17.2 Å². The van der Waals surface area contributed by atoms with Gasteiger partial charge in [-0.15, -0.1) is 0 Å². The van der Waals surface area contributed by atoms with Crippen LogP contribution >= 0.6 is 17.2 Å². The molecule has 10 heavy (non-hydrogen) atoms. The third-order valence-corrected chi connectivity index (χ3v) is 0. The molecular formula is H12N2O6P2. The fraction of sp³-hybridized carbons (Fsp3) is 0. The van der Waals surface area contributed by atoms with Crippen LogP contribution in [0.1, 0.15) is 0 Å². The summed E-state index contributed by atoms with van der Waals surface area (Å²) in [6.45, 7) is 0. The van der Waals surface area contributed by atoms with E-state index in [2.05, 4.69) is 0 Å². The highest BCUT2D eigenvalue weighted by atomic mass is 31.2. The van der Waals surface area contributed by atoms with Gasteiger partial charge in [0.1, 0.15) is 0 Å². The van der Waals surface area contributed by atoms with Crippen molar-refractivity contribution in [1.29, 1.82) is 0 Å². The van der Waals surface area contributed by atoms with Gasteiger partial charge in [0.05, 0.1) is 0 Å². The van der Waals surface area contributed by atoms with E-state index in [0.717, 1.165) is 0 Å². The van der Waals surface area contributed by atoms with Crippen LogP contribution in [0.3, 0.4) is 0 Å². The molecule has 0 aliphatic heterocycles. The molecule has 0 rings (SSSR count). The van der Waals surface area contributed by atoms with Crippen LogP contribution in [0.25, 0.3) is 0 Å². The minimum absolute atomic E-state index is 0. The van der Waals surface area contributed by atoms with E-state index in [1.807, 2.05) is 0 Å². The van der Waals surface area contributed by atoms with Crippen molar-refractivity contribution < 1.29 is 29.4 Å². The molecule has 0 aliphatic carbocycles. The van der Waals surface area contributed by atoms with Gasteiger partial charge < -0.3 is 41.7 Å². The Morgan fingerprint density at radius 3 is 0.500 bits per heavy atom. The zero-order valence-electron chi connectivity index (χ0n) is 4.99. The van der Waals surface area contributed by atoms with E-state index in [4.69, 9.17) is 29.4 Å². The number of hydrogen-bond acceptors (Lipinski definition) is 8. The molecule has 0 spiro atoms. The minimum Gasteiger partial charge on any atom is -0.344 e. The third kappa shape index (κ3) is 1660. The zero-order chi connectivity index (χ0) is 7.15. The Labute approximate surface area is 59.9 Å². The molecule has 10 heteroatoms. The van der Waals surface area contributed by atoms with Crippen molar-refractivity contribution in [2.45, 2.75) is 0 Å². The van der Waals surface area contributed by atoms with E-state index < -0.39 is 17.2 Å². The van der Waals surface area contributed by atoms with Gasteiger partial charge in [-0.3, -0.25) is 0 Å². The highest BCUT2D eigenvalue weighted by Crippen LogP contribution is 2.12. The van der Waals surface area contributed by atoms with Crippen molar-refractivity contribution in [3.05, 3.63) is 0 Å². The summed E-state index contributed by atoms with van der Waals surface area (Å²) in [5.74, 6) is 0. The summed E-state index contributed by atoms with van der Waals surface area (Å²) in [5, 5.41) is 0. The summed E-state index contributed by atoms with van der Waals surface area (Å²) in [5.41, 5.74) is 0. The van der Waals surface area contributed by atoms with Crippen LogP contribution in [0.4, 0.5) is 0 Å². The van der Waals surface area contributed by atoms with Crippen molar-refractivity contribution in [2.24, 2.45) is 0 Å². The lowest BCUT2D eigenvalue weighted by molar-refractivity contribution is 0.366. The second kappa shape index (κ2) is 16.3. The fourth-order valence-electron chi connectivity index (χ4n) is 0. The molecule has 0 bridgehead atoms. The molecule has 8 nitrogen and oxygen atoms in total. The Bertz CT molecular complexity index is 29.2. The van der Waals surface area contributed by atoms with Gasteiger partial charge in [0.15, 0.2) is 0 Å². The first-order valence-electron chi connectivity index (χ1n) is 1.20. The Balaban J connectivity index is -0.0000000300. The first-order chi connectivity index (χ1) is 3.46. The molecular weight excluding hydrogens is 186 g/mol. The van der Waals surface area contributed by atoms with E-state index in [0.29, 0.717) is 0 Å². The smallest absolute Gasteiger partial charge is 0.324 e. The largest absolute Gasteiger partial charge is 0.344 e. The van der Waals surface area contributed by atoms with Gasteiger partial charge in [0, 0.05) is 0 Å². The van der Waals surface area contributed by atoms with Gasteiger partial charge >= 0.3 is 17.2 Å². The average molecular weight is 198 g/mol. The van der Waals surface area contributed by atoms with Crippen LogP contribution in [-0.4, -0.2) is 29.4 Å². The molecule has 0 aromatic rings. The maximum atomic E-state index is 7.23. The molecule has 0 saturated heterocycles. The second-order valence-corrected chi connectivity index (χ2v) is 1.61. The maximum absolute atomic E-state index is 7.23. The highest BCUT2D eigenvalue weighted by Gasteiger charge is 1.76. The van der Waals surface area contributed by atoms with Crippen molar-refractivity contribution in [1.82, 2.24) is 12.3 Å². The van der Waals surface area contributed by atoms with Crippen molar-refractivity contribution in [3.8, 4) is 0 Å². The average Bonchev–Trinajstić information content (AvgIpc) is 1.25. The van der Waals surface area contributed by atoms with Crippen LogP contribution in [0.15, 0.2) is 0 Å². The summed E-state index contributed by atoms with van der Waals surface area (Å²) in [4.78, 5) is 43.4. The molecule has 0 saturated carbocycles. The molecule has 0 aliphatic rings. The summed E-state index contributed by atoms with van der Waals surface area (Å²) in [7, 11) is -5.24. The van der Waals surface area contributed by atoms with Crippen LogP contribution < -0.4 is 12.3 Å². The van der Waals surface area contributed by atoms with Gasteiger partial charge in [-0.2, -0.15) is 0 Å². The molecule has 0 unspecified atom stereocenters. The van der Waals surface area contributed by atoms with Crippen LogP contribution in [-0.2, 0) is 0 Å². The van der Waals surface area contributed by atoms with Crippen LogP contribution in [0.2, 0.25) is 0 Å². The van der Waals surface area contributed by atoms with E-state index in [-0.39, 0.29) is 12.3 Å². The predicted molar refractivity (Wildman–Crippen MR) is 37.2 cm³/mol. The fourth-order valence-corrected chi connectivity index (χ4v) is 0. The molecule has 0 aromatic carbocycles. The predicted octanol–water partition coefficient (Wildman–Crippen LogP) is -1.30. The quantitative estimate of drug-likeness (QED) is 0.220. The standard InChI is InChI=1S/2H3N.2H3O3P/c;;2*1-4(2)3/h2*1H3;2*1-3H.